The summed E-state index contributed by atoms with van der Waals surface area (Å²) in [7, 11) is 0. The zero-order chi connectivity index (χ0) is 14.3. The van der Waals surface area contributed by atoms with Crippen molar-refractivity contribution in [2.45, 2.75) is 20.4 Å². The van der Waals surface area contributed by atoms with Crippen molar-refractivity contribution in [1.29, 1.82) is 0 Å². The number of benzene rings is 2. The van der Waals surface area contributed by atoms with E-state index in [-0.39, 0.29) is 0 Å². The van der Waals surface area contributed by atoms with E-state index in [1.807, 2.05) is 18.2 Å². The van der Waals surface area contributed by atoms with Crippen LogP contribution < -0.4 is 5.73 Å². The van der Waals surface area contributed by atoms with Crippen LogP contribution in [-0.2, 0) is 6.54 Å². The van der Waals surface area contributed by atoms with Gasteiger partial charge in [0.05, 0.1) is 6.54 Å². The predicted octanol–water partition coefficient (Wildman–Crippen LogP) is 4.83. The number of nitrogens with two attached hydrogens (primary N) is 1. The number of furan rings is 1. The Kier molecular flexibility index (Phi) is 3.28. The highest BCUT2D eigenvalue weighted by atomic mass is 35.5. The summed E-state index contributed by atoms with van der Waals surface area (Å²) >= 11 is 6.12. The van der Waals surface area contributed by atoms with Crippen molar-refractivity contribution < 1.29 is 4.42 Å². The molecule has 2 N–H and O–H groups in total. The van der Waals surface area contributed by atoms with Crippen molar-refractivity contribution in [1.82, 2.24) is 0 Å². The van der Waals surface area contributed by atoms with Gasteiger partial charge >= 0.3 is 0 Å². The maximum Gasteiger partial charge on any atom is 0.135 e. The highest BCUT2D eigenvalue weighted by Crippen LogP contribution is 2.37. The Bertz CT molecular complexity index is 789. The molecule has 0 fully saturated rings. The standard InChI is InChI=1S/C17H16ClNO/c1-10-3-5-13(11(2)7-10)17-14-8-12(18)4-6-15(14)20-16(17)9-19/h3-8H,9,19H2,1-2H3. The van der Waals surface area contributed by atoms with Crippen molar-refractivity contribution >= 4 is 22.6 Å². The topological polar surface area (TPSA) is 39.2 Å². The Morgan fingerprint density at radius 1 is 1.10 bits per heavy atom. The van der Waals surface area contributed by atoms with Gasteiger partial charge in [0.1, 0.15) is 11.3 Å². The fourth-order valence-corrected chi connectivity index (χ4v) is 2.83. The maximum absolute atomic E-state index is 6.12. The second-order valence-electron chi connectivity index (χ2n) is 5.06. The molecule has 3 aromatic rings. The molecule has 102 valence electrons. The fourth-order valence-electron chi connectivity index (χ4n) is 2.65. The highest BCUT2D eigenvalue weighted by Gasteiger charge is 2.16. The molecule has 0 atom stereocenters. The van der Waals surface area contributed by atoms with Gasteiger partial charge in [0.2, 0.25) is 0 Å². The van der Waals surface area contributed by atoms with Crippen LogP contribution in [0.3, 0.4) is 0 Å². The molecule has 20 heavy (non-hydrogen) atoms. The zero-order valence-corrected chi connectivity index (χ0v) is 12.3. The molecule has 2 aromatic carbocycles. The third-order valence-corrected chi connectivity index (χ3v) is 3.79. The van der Waals surface area contributed by atoms with Crippen LogP contribution in [0.2, 0.25) is 5.02 Å². The molecule has 0 bridgehead atoms. The first-order valence-electron chi connectivity index (χ1n) is 6.59. The van der Waals surface area contributed by atoms with Gasteiger partial charge in [-0.15, -0.1) is 0 Å². The molecule has 0 aliphatic rings. The van der Waals surface area contributed by atoms with Gasteiger partial charge in [0.15, 0.2) is 0 Å². The molecule has 0 amide bonds. The Morgan fingerprint density at radius 3 is 2.60 bits per heavy atom. The van der Waals surface area contributed by atoms with E-state index in [2.05, 4.69) is 32.0 Å². The number of aryl methyl sites for hydroxylation is 2. The van der Waals surface area contributed by atoms with Crippen LogP contribution in [0.4, 0.5) is 0 Å². The van der Waals surface area contributed by atoms with Gasteiger partial charge in [-0.1, -0.05) is 35.4 Å². The SMILES string of the molecule is Cc1ccc(-c2c(CN)oc3ccc(Cl)cc23)c(C)c1. The fraction of sp³-hybridized carbons (Fsp3) is 0.176. The third kappa shape index (κ3) is 2.11. The highest BCUT2D eigenvalue weighted by molar-refractivity contribution is 6.31. The summed E-state index contributed by atoms with van der Waals surface area (Å²) in [6, 6.07) is 12.1. The molecule has 0 saturated carbocycles. The Morgan fingerprint density at radius 2 is 1.90 bits per heavy atom. The Hall–Kier alpha value is -1.77. The summed E-state index contributed by atoms with van der Waals surface area (Å²) in [5.74, 6) is 0.800. The monoisotopic (exact) mass is 285 g/mol. The molecule has 1 aromatic heterocycles. The van der Waals surface area contributed by atoms with Crippen LogP contribution in [-0.4, -0.2) is 0 Å². The van der Waals surface area contributed by atoms with Crippen molar-refractivity contribution in [3.63, 3.8) is 0 Å². The average molecular weight is 286 g/mol. The van der Waals surface area contributed by atoms with Crippen molar-refractivity contribution in [3.05, 3.63) is 58.3 Å². The van der Waals surface area contributed by atoms with Gasteiger partial charge in [0, 0.05) is 16.0 Å². The van der Waals surface area contributed by atoms with Gasteiger partial charge in [0.25, 0.3) is 0 Å². The van der Waals surface area contributed by atoms with E-state index >= 15 is 0 Å². The molecule has 0 aliphatic carbocycles. The average Bonchev–Trinajstić information content (AvgIpc) is 2.76. The minimum Gasteiger partial charge on any atom is -0.459 e. The second kappa shape index (κ2) is 4.97. The van der Waals surface area contributed by atoms with E-state index in [0.29, 0.717) is 11.6 Å². The van der Waals surface area contributed by atoms with Gasteiger partial charge in [-0.3, -0.25) is 0 Å². The Labute approximate surface area is 123 Å². The lowest BCUT2D eigenvalue weighted by atomic mass is 9.96. The lowest BCUT2D eigenvalue weighted by Crippen LogP contribution is -1.97. The molecule has 2 nitrogen and oxygen atoms in total. The molecule has 0 spiro atoms. The van der Waals surface area contributed by atoms with E-state index in [1.54, 1.807) is 0 Å². The molecular formula is C17H16ClNO. The molecule has 3 rings (SSSR count). The number of rotatable bonds is 2. The van der Waals surface area contributed by atoms with Crippen LogP contribution in [0.1, 0.15) is 16.9 Å². The first kappa shape index (κ1) is 13.2. The van der Waals surface area contributed by atoms with Crippen molar-refractivity contribution in [2.75, 3.05) is 0 Å². The zero-order valence-electron chi connectivity index (χ0n) is 11.5. The van der Waals surface area contributed by atoms with Gasteiger partial charge < -0.3 is 10.2 Å². The number of fused-ring (bicyclic) bond motifs is 1. The van der Waals surface area contributed by atoms with Crippen LogP contribution in [0.5, 0.6) is 0 Å². The predicted molar refractivity (Wildman–Crippen MR) is 84.0 cm³/mol. The van der Waals surface area contributed by atoms with E-state index in [1.165, 1.54) is 11.1 Å². The van der Waals surface area contributed by atoms with E-state index < -0.39 is 0 Å². The lowest BCUT2D eigenvalue weighted by Gasteiger charge is -2.07. The van der Waals surface area contributed by atoms with E-state index in [0.717, 1.165) is 27.9 Å². The minimum atomic E-state index is 0.370. The first-order valence-corrected chi connectivity index (χ1v) is 6.96. The van der Waals surface area contributed by atoms with Gasteiger partial charge in [-0.25, -0.2) is 0 Å². The lowest BCUT2D eigenvalue weighted by molar-refractivity contribution is 0.554. The minimum absolute atomic E-state index is 0.370. The largest absolute Gasteiger partial charge is 0.459 e. The van der Waals surface area contributed by atoms with Crippen LogP contribution in [0.25, 0.3) is 22.1 Å². The van der Waals surface area contributed by atoms with Gasteiger partial charge in [-0.05, 0) is 43.2 Å². The Balaban J connectivity index is 2.36. The summed E-state index contributed by atoms with van der Waals surface area (Å²) in [5, 5.41) is 1.72. The summed E-state index contributed by atoms with van der Waals surface area (Å²) in [6.07, 6.45) is 0. The molecular weight excluding hydrogens is 270 g/mol. The summed E-state index contributed by atoms with van der Waals surface area (Å²) in [6.45, 7) is 4.56. The summed E-state index contributed by atoms with van der Waals surface area (Å²) in [5.41, 5.74) is 11.3. The molecule has 0 radical (unpaired) electrons. The molecule has 0 unspecified atom stereocenters. The molecule has 3 heteroatoms. The van der Waals surface area contributed by atoms with Crippen LogP contribution >= 0.6 is 11.6 Å². The maximum atomic E-state index is 6.12. The van der Waals surface area contributed by atoms with Crippen molar-refractivity contribution in [2.24, 2.45) is 5.73 Å². The van der Waals surface area contributed by atoms with Crippen LogP contribution in [0.15, 0.2) is 40.8 Å². The summed E-state index contributed by atoms with van der Waals surface area (Å²) < 4.78 is 5.86. The van der Waals surface area contributed by atoms with E-state index in [4.69, 9.17) is 21.8 Å². The molecule has 1 heterocycles. The third-order valence-electron chi connectivity index (χ3n) is 3.56. The number of halogens is 1. The van der Waals surface area contributed by atoms with Gasteiger partial charge in [-0.2, -0.15) is 0 Å². The quantitative estimate of drug-likeness (QED) is 0.732. The summed E-state index contributed by atoms with van der Waals surface area (Å²) in [4.78, 5) is 0. The normalized spacial score (nSPS) is 11.2. The number of hydrogen-bond acceptors (Lipinski definition) is 2. The van der Waals surface area contributed by atoms with Crippen LogP contribution in [0, 0.1) is 13.8 Å². The smallest absolute Gasteiger partial charge is 0.135 e. The first-order chi connectivity index (χ1) is 9.60. The van der Waals surface area contributed by atoms with Crippen molar-refractivity contribution in [3.8, 4) is 11.1 Å². The molecule has 0 saturated heterocycles. The van der Waals surface area contributed by atoms with E-state index in [9.17, 15) is 0 Å². The second-order valence-corrected chi connectivity index (χ2v) is 5.50. The molecule has 0 aliphatic heterocycles. The number of hydrogen-bond donors (Lipinski definition) is 1.